The summed E-state index contributed by atoms with van der Waals surface area (Å²) < 4.78 is 10.1. The summed E-state index contributed by atoms with van der Waals surface area (Å²) in [6, 6.07) is 3.56. The Bertz CT molecular complexity index is 989. The standard InChI is InChI=1S/C22H30N8O4/c1-33-19(32)4-2-3-18(31)28-7-9-29(10-8-28)21-25-20(16-5-6-17(23)24-15-16)26-22(27-21)30-11-13-34-14-12-30/h5-6,15H,2-4,7-14H2,1H3,(H2,23,24). The van der Waals surface area contributed by atoms with Gasteiger partial charge in [0.15, 0.2) is 5.82 Å². The van der Waals surface area contributed by atoms with Crippen molar-refractivity contribution in [2.45, 2.75) is 19.3 Å². The molecular weight excluding hydrogens is 440 g/mol. The lowest BCUT2D eigenvalue weighted by molar-refractivity contribution is -0.140. The van der Waals surface area contributed by atoms with Gasteiger partial charge in [-0.05, 0) is 18.6 Å². The number of morpholine rings is 1. The number of methoxy groups -OCH3 is 1. The Balaban J connectivity index is 1.46. The smallest absolute Gasteiger partial charge is 0.305 e. The average molecular weight is 471 g/mol. The van der Waals surface area contributed by atoms with Crippen molar-refractivity contribution in [1.29, 1.82) is 0 Å². The molecule has 12 nitrogen and oxygen atoms in total. The first-order valence-electron chi connectivity index (χ1n) is 11.4. The molecule has 4 rings (SSSR count). The number of nitrogen functional groups attached to an aromatic ring is 1. The van der Waals surface area contributed by atoms with Crippen LogP contribution in [-0.2, 0) is 19.1 Å². The molecule has 0 aliphatic carbocycles. The molecule has 1 amide bonds. The molecule has 4 heterocycles. The fourth-order valence-corrected chi connectivity index (χ4v) is 3.87. The first-order chi connectivity index (χ1) is 16.5. The number of carbonyl (C=O) groups is 2. The highest BCUT2D eigenvalue weighted by atomic mass is 16.5. The predicted molar refractivity (Wildman–Crippen MR) is 125 cm³/mol. The van der Waals surface area contributed by atoms with Crippen LogP contribution in [0, 0.1) is 0 Å². The molecule has 0 aromatic carbocycles. The van der Waals surface area contributed by atoms with E-state index in [4.69, 9.17) is 20.4 Å². The van der Waals surface area contributed by atoms with Crippen LogP contribution < -0.4 is 15.5 Å². The topological polar surface area (TPSA) is 140 Å². The maximum atomic E-state index is 12.5. The number of ether oxygens (including phenoxy) is 2. The highest BCUT2D eigenvalue weighted by molar-refractivity contribution is 5.77. The Morgan fingerprint density at radius 1 is 0.971 bits per heavy atom. The van der Waals surface area contributed by atoms with Gasteiger partial charge in [-0.1, -0.05) is 0 Å². The van der Waals surface area contributed by atoms with Crippen molar-refractivity contribution in [3.8, 4) is 11.4 Å². The quantitative estimate of drug-likeness (QED) is 0.560. The van der Waals surface area contributed by atoms with E-state index in [9.17, 15) is 9.59 Å². The molecule has 2 aliphatic rings. The van der Waals surface area contributed by atoms with Crippen LogP contribution in [0.5, 0.6) is 0 Å². The molecule has 2 N–H and O–H groups in total. The van der Waals surface area contributed by atoms with E-state index in [1.54, 1.807) is 12.3 Å². The molecule has 0 unspecified atom stereocenters. The molecule has 0 radical (unpaired) electrons. The number of anilines is 3. The van der Waals surface area contributed by atoms with Crippen LogP contribution in [0.2, 0.25) is 0 Å². The van der Waals surface area contributed by atoms with E-state index in [0.29, 0.717) is 88.9 Å². The highest BCUT2D eigenvalue weighted by Crippen LogP contribution is 2.23. The van der Waals surface area contributed by atoms with Crippen LogP contribution in [-0.4, -0.2) is 96.3 Å². The third-order valence-electron chi connectivity index (χ3n) is 5.86. The van der Waals surface area contributed by atoms with Crippen LogP contribution >= 0.6 is 0 Å². The number of piperazine rings is 1. The lowest BCUT2D eigenvalue weighted by Gasteiger charge is -2.35. The Labute approximate surface area is 198 Å². The van der Waals surface area contributed by atoms with Gasteiger partial charge in [0, 0.05) is 63.9 Å². The van der Waals surface area contributed by atoms with Gasteiger partial charge in [-0.25, -0.2) is 4.98 Å². The number of rotatable bonds is 7. The lowest BCUT2D eigenvalue weighted by Crippen LogP contribution is -2.49. The van der Waals surface area contributed by atoms with Crippen LogP contribution in [0.15, 0.2) is 18.3 Å². The zero-order valence-corrected chi connectivity index (χ0v) is 19.4. The summed E-state index contributed by atoms with van der Waals surface area (Å²) >= 11 is 0. The summed E-state index contributed by atoms with van der Waals surface area (Å²) in [5.41, 5.74) is 6.49. The molecule has 0 spiro atoms. The fraction of sp³-hybridized carbons (Fsp3) is 0.545. The van der Waals surface area contributed by atoms with Crippen LogP contribution in [0.3, 0.4) is 0 Å². The number of nitrogens with zero attached hydrogens (tertiary/aromatic N) is 7. The molecule has 2 aromatic rings. The number of nitrogens with two attached hydrogens (primary N) is 1. The molecule has 0 saturated carbocycles. The number of pyridine rings is 1. The summed E-state index contributed by atoms with van der Waals surface area (Å²) in [6.07, 6.45) is 2.72. The maximum absolute atomic E-state index is 12.5. The van der Waals surface area contributed by atoms with E-state index >= 15 is 0 Å². The molecule has 2 fully saturated rings. The third kappa shape index (κ3) is 5.87. The Morgan fingerprint density at radius 2 is 1.65 bits per heavy atom. The van der Waals surface area contributed by atoms with Crippen LogP contribution in [0.25, 0.3) is 11.4 Å². The summed E-state index contributed by atoms with van der Waals surface area (Å²) in [4.78, 5) is 48.1. The molecule has 12 heteroatoms. The minimum Gasteiger partial charge on any atom is -0.469 e. The van der Waals surface area contributed by atoms with Crippen molar-refractivity contribution >= 4 is 29.6 Å². The average Bonchev–Trinajstić information content (AvgIpc) is 2.89. The minimum atomic E-state index is -0.296. The molecule has 2 saturated heterocycles. The molecule has 0 bridgehead atoms. The zero-order chi connectivity index (χ0) is 23.9. The highest BCUT2D eigenvalue weighted by Gasteiger charge is 2.25. The van der Waals surface area contributed by atoms with Crippen molar-refractivity contribution in [3.05, 3.63) is 18.3 Å². The van der Waals surface area contributed by atoms with Crippen molar-refractivity contribution in [1.82, 2.24) is 24.8 Å². The summed E-state index contributed by atoms with van der Waals surface area (Å²) in [5.74, 6) is 1.87. The van der Waals surface area contributed by atoms with E-state index in [1.807, 2.05) is 11.0 Å². The fourth-order valence-electron chi connectivity index (χ4n) is 3.87. The van der Waals surface area contributed by atoms with Crippen molar-refractivity contribution in [2.24, 2.45) is 0 Å². The van der Waals surface area contributed by atoms with E-state index < -0.39 is 0 Å². The van der Waals surface area contributed by atoms with E-state index in [0.717, 1.165) is 5.56 Å². The van der Waals surface area contributed by atoms with E-state index in [-0.39, 0.29) is 18.3 Å². The van der Waals surface area contributed by atoms with Gasteiger partial charge in [0.2, 0.25) is 17.8 Å². The Hall–Kier alpha value is -3.54. The van der Waals surface area contributed by atoms with Gasteiger partial charge in [-0.15, -0.1) is 0 Å². The van der Waals surface area contributed by atoms with Crippen LogP contribution in [0.4, 0.5) is 17.7 Å². The summed E-state index contributed by atoms with van der Waals surface area (Å²) in [5, 5.41) is 0. The second-order valence-corrected chi connectivity index (χ2v) is 8.13. The summed E-state index contributed by atoms with van der Waals surface area (Å²) in [6.45, 7) is 4.99. The van der Waals surface area contributed by atoms with Gasteiger partial charge in [-0.3, -0.25) is 9.59 Å². The molecular formula is C22H30N8O4. The number of hydrogen-bond acceptors (Lipinski definition) is 11. The zero-order valence-electron chi connectivity index (χ0n) is 19.4. The number of aromatic nitrogens is 4. The molecule has 182 valence electrons. The minimum absolute atomic E-state index is 0.0434. The Morgan fingerprint density at radius 3 is 2.26 bits per heavy atom. The van der Waals surface area contributed by atoms with Gasteiger partial charge >= 0.3 is 5.97 Å². The lowest BCUT2D eigenvalue weighted by atomic mass is 10.2. The van der Waals surface area contributed by atoms with Gasteiger partial charge in [0.1, 0.15) is 5.82 Å². The van der Waals surface area contributed by atoms with Gasteiger partial charge in [0.25, 0.3) is 0 Å². The van der Waals surface area contributed by atoms with E-state index in [1.165, 1.54) is 7.11 Å². The number of carbonyl (C=O) groups excluding carboxylic acids is 2. The molecule has 0 atom stereocenters. The SMILES string of the molecule is COC(=O)CCCC(=O)N1CCN(c2nc(-c3ccc(N)nc3)nc(N3CCOCC3)n2)CC1. The second kappa shape index (κ2) is 11.1. The Kier molecular flexibility index (Phi) is 7.68. The largest absolute Gasteiger partial charge is 0.469 e. The molecule has 34 heavy (non-hydrogen) atoms. The second-order valence-electron chi connectivity index (χ2n) is 8.13. The van der Waals surface area contributed by atoms with Gasteiger partial charge in [0.05, 0.1) is 20.3 Å². The van der Waals surface area contributed by atoms with Crippen LogP contribution in [0.1, 0.15) is 19.3 Å². The van der Waals surface area contributed by atoms with Gasteiger partial charge < -0.3 is 29.9 Å². The summed E-state index contributed by atoms with van der Waals surface area (Å²) in [7, 11) is 1.35. The van der Waals surface area contributed by atoms with Crippen molar-refractivity contribution in [2.75, 3.05) is 75.1 Å². The normalized spacial score (nSPS) is 16.4. The molecule has 2 aliphatic heterocycles. The predicted octanol–water partition coefficient (Wildman–Crippen LogP) is 0.344. The third-order valence-corrected chi connectivity index (χ3v) is 5.86. The first kappa shape index (κ1) is 23.6. The monoisotopic (exact) mass is 470 g/mol. The van der Waals surface area contributed by atoms with Crippen molar-refractivity contribution in [3.63, 3.8) is 0 Å². The van der Waals surface area contributed by atoms with Gasteiger partial charge in [-0.2, -0.15) is 15.0 Å². The number of amides is 1. The first-order valence-corrected chi connectivity index (χ1v) is 11.4. The molecule has 2 aromatic heterocycles. The number of hydrogen-bond donors (Lipinski definition) is 1. The number of esters is 1. The van der Waals surface area contributed by atoms with E-state index in [2.05, 4.69) is 24.5 Å². The maximum Gasteiger partial charge on any atom is 0.305 e. The van der Waals surface area contributed by atoms with Crippen molar-refractivity contribution < 1.29 is 19.1 Å².